The molecule has 0 spiro atoms. The van der Waals surface area contributed by atoms with E-state index in [0.29, 0.717) is 52.1 Å². The lowest BCUT2D eigenvalue weighted by atomic mass is 9.99. The first kappa shape index (κ1) is 32.8. The van der Waals surface area contributed by atoms with Crippen molar-refractivity contribution in [3.63, 3.8) is 0 Å². The van der Waals surface area contributed by atoms with Crippen LogP contribution in [0, 0.1) is 0 Å². The molecule has 3 aliphatic rings. The number of aliphatic hydroxyl groups is 1. The number of hydrogen-bond donors (Lipinski definition) is 2. The Labute approximate surface area is 283 Å². The van der Waals surface area contributed by atoms with Crippen molar-refractivity contribution < 1.29 is 24.2 Å². The number of anilines is 1. The fourth-order valence-electron chi connectivity index (χ4n) is 6.63. The molecule has 11 nitrogen and oxygen atoms in total. The molecule has 246 valence electrons. The normalized spacial score (nSPS) is 19.9. The summed E-state index contributed by atoms with van der Waals surface area (Å²) in [4.78, 5) is 48.7. The number of carbonyl (C=O) groups is 3. The number of amides is 4. The first-order chi connectivity index (χ1) is 22.5. The molecule has 1 aromatic heterocycles. The number of pyridine rings is 1. The SMILES string of the molecule is COc1nc(-c2cccc(-c3cccc(NC(=O)C4=CN(C)C(=O)N(C)C4O)c3Cl)c2Cl)cc2c1[C@@H](N1CCN(C(C)=O)CC1)CC2. The molecule has 0 bridgehead atoms. The van der Waals surface area contributed by atoms with Crippen LogP contribution in [0.15, 0.2) is 54.2 Å². The van der Waals surface area contributed by atoms with E-state index in [1.165, 1.54) is 25.2 Å². The van der Waals surface area contributed by atoms with E-state index in [1.54, 1.807) is 26.2 Å². The van der Waals surface area contributed by atoms with Crippen molar-refractivity contribution in [2.24, 2.45) is 0 Å². The molecule has 2 aliphatic heterocycles. The lowest BCUT2D eigenvalue weighted by Gasteiger charge is -2.38. The van der Waals surface area contributed by atoms with Gasteiger partial charge in [-0.1, -0.05) is 53.5 Å². The minimum atomic E-state index is -1.41. The Kier molecular flexibility index (Phi) is 9.17. The van der Waals surface area contributed by atoms with E-state index in [-0.39, 0.29) is 22.5 Å². The number of urea groups is 1. The zero-order valence-electron chi connectivity index (χ0n) is 26.6. The maximum absolute atomic E-state index is 13.2. The molecule has 3 aromatic rings. The molecule has 47 heavy (non-hydrogen) atoms. The van der Waals surface area contributed by atoms with E-state index in [0.717, 1.165) is 42.0 Å². The van der Waals surface area contributed by atoms with Crippen LogP contribution in [0.1, 0.15) is 30.5 Å². The number of likely N-dealkylation sites (N-methyl/N-ethyl adjacent to an activating group) is 1. The van der Waals surface area contributed by atoms with Crippen molar-refractivity contribution in [2.75, 3.05) is 52.7 Å². The number of hydrogen-bond acceptors (Lipinski definition) is 7. The van der Waals surface area contributed by atoms with Crippen molar-refractivity contribution in [1.29, 1.82) is 0 Å². The van der Waals surface area contributed by atoms with Gasteiger partial charge in [0.2, 0.25) is 11.8 Å². The predicted octanol–water partition coefficient (Wildman–Crippen LogP) is 5.02. The minimum absolute atomic E-state index is 0.00621. The summed E-state index contributed by atoms with van der Waals surface area (Å²) >= 11 is 13.9. The summed E-state index contributed by atoms with van der Waals surface area (Å²) in [5.74, 6) is 0.0699. The van der Waals surface area contributed by atoms with Crippen LogP contribution in [0.4, 0.5) is 10.5 Å². The summed E-state index contributed by atoms with van der Waals surface area (Å²) in [5, 5.41) is 14.0. The number of carbonyl (C=O) groups excluding carboxylic acids is 3. The number of halogens is 2. The smallest absolute Gasteiger partial charge is 0.325 e. The zero-order chi connectivity index (χ0) is 33.6. The Hall–Kier alpha value is -4.16. The van der Waals surface area contributed by atoms with Crippen LogP contribution >= 0.6 is 23.2 Å². The number of methoxy groups -OCH3 is 1. The Morgan fingerprint density at radius 2 is 1.66 bits per heavy atom. The van der Waals surface area contributed by atoms with Crippen LogP contribution < -0.4 is 10.1 Å². The average molecular weight is 680 g/mol. The zero-order valence-corrected chi connectivity index (χ0v) is 28.1. The van der Waals surface area contributed by atoms with Gasteiger partial charge in [-0.05, 0) is 30.5 Å². The maximum Gasteiger partial charge on any atom is 0.325 e. The summed E-state index contributed by atoms with van der Waals surface area (Å²) in [7, 11) is 4.54. The largest absolute Gasteiger partial charge is 0.481 e. The number of ether oxygens (including phenoxy) is 1. The molecule has 13 heteroatoms. The summed E-state index contributed by atoms with van der Waals surface area (Å²) in [6, 6.07) is 12.6. The molecule has 2 N–H and O–H groups in total. The van der Waals surface area contributed by atoms with E-state index in [1.807, 2.05) is 29.2 Å². The van der Waals surface area contributed by atoms with Crippen LogP contribution in [0.3, 0.4) is 0 Å². The molecule has 1 aliphatic carbocycles. The van der Waals surface area contributed by atoms with Crippen molar-refractivity contribution in [2.45, 2.75) is 32.0 Å². The van der Waals surface area contributed by atoms with Gasteiger partial charge < -0.3 is 25.0 Å². The highest BCUT2D eigenvalue weighted by atomic mass is 35.5. The Bertz CT molecular complexity index is 1790. The quantitative estimate of drug-likeness (QED) is 0.376. The van der Waals surface area contributed by atoms with Crippen molar-refractivity contribution in [3.8, 4) is 28.3 Å². The van der Waals surface area contributed by atoms with Crippen molar-refractivity contribution in [3.05, 3.63) is 75.4 Å². The first-order valence-electron chi connectivity index (χ1n) is 15.4. The highest BCUT2D eigenvalue weighted by Crippen LogP contribution is 2.45. The molecule has 1 unspecified atom stereocenters. The lowest BCUT2D eigenvalue weighted by Crippen LogP contribution is -2.49. The van der Waals surface area contributed by atoms with Gasteiger partial charge in [0.05, 0.1) is 34.1 Å². The third kappa shape index (κ3) is 6.04. The number of piperazine rings is 1. The van der Waals surface area contributed by atoms with Gasteiger partial charge in [0.1, 0.15) is 0 Å². The molecule has 0 saturated carbocycles. The van der Waals surface area contributed by atoms with Crippen molar-refractivity contribution >= 4 is 46.7 Å². The summed E-state index contributed by atoms with van der Waals surface area (Å²) in [6.45, 7) is 4.63. The fraction of sp³-hybridized carbons (Fsp3) is 0.353. The Balaban J connectivity index is 1.28. The van der Waals surface area contributed by atoms with Crippen molar-refractivity contribution in [1.82, 2.24) is 24.6 Å². The van der Waals surface area contributed by atoms with Gasteiger partial charge in [0.15, 0.2) is 6.23 Å². The predicted molar refractivity (Wildman–Crippen MR) is 180 cm³/mol. The number of nitrogens with one attached hydrogen (secondary N) is 1. The number of aliphatic hydroxyl groups excluding tert-OH is 1. The third-order valence-electron chi connectivity index (χ3n) is 9.18. The van der Waals surface area contributed by atoms with E-state index in [4.69, 9.17) is 32.9 Å². The van der Waals surface area contributed by atoms with Gasteiger partial charge in [0.25, 0.3) is 5.91 Å². The molecule has 2 aromatic carbocycles. The third-order valence-corrected chi connectivity index (χ3v) is 9.99. The van der Waals surface area contributed by atoms with Gasteiger partial charge >= 0.3 is 6.03 Å². The van der Waals surface area contributed by atoms with Gasteiger partial charge in [-0.2, -0.15) is 0 Å². The number of aryl methyl sites for hydroxylation is 1. The van der Waals surface area contributed by atoms with E-state index >= 15 is 0 Å². The van der Waals surface area contributed by atoms with Gasteiger partial charge in [-0.15, -0.1) is 0 Å². The number of benzene rings is 2. The Morgan fingerprint density at radius 1 is 1.00 bits per heavy atom. The number of fused-ring (bicyclic) bond motifs is 1. The molecule has 4 amide bonds. The second-order valence-electron chi connectivity index (χ2n) is 11.9. The van der Waals surface area contributed by atoms with Crippen LogP contribution in [0.25, 0.3) is 22.4 Å². The van der Waals surface area contributed by atoms with Gasteiger partial charge in [-0.3, -0.25) is 19.4 Å². The fourth-order valence-corrected chi connectivity index (χ4v) is 7.23. The lowest BCUT2D eigenvalue weighted by molar-refractivity contribution is -0.130. The second kappa shape index (κ2) is 13.2. The molecule has 1 saturated heterocycles. The highest BCUT2D eigenvalue weighted by Gasteiger charge is 2.35. The monoisotopic (exact) mass is 678 g/mol. The van der Waals surface area contributed by atoms with Crippen LogP contribution in [-0.4, -0.2) is 101 Å². The van der Waals surface area contributed by atoms with Crippen LogP contribution in [0.2, 0.25) is 10.0 Å². The molecule has 3 heterocycles. The molecule has 1 fully saturated rings. The maximum atomic E-state index is 13.2. The minimum Gasteiger partial charge on any atom is -0.481 e. The summed E-state index contributed by atoms with van der Waals surface area (Å²) in [6.07, 6.45) is 1.70. The standard InChI is InChI=1S/C34H36Cl2N6O5/c1-19(43)41-13-15-42(16-14-41)27-12-11-20-17-26(38-32(47-4)28(20)27)23-9-5-7-21(29(23)35)22-8-6-10-25(30(22)36)37-31(44)24-18-39(2)34(46)40(3)33(24)45/h5-10,17-18,27,33,45H,11-16H2,1-4H3,(H,37,44)/t27-,33?/m0/s1. The topological polar surface area (TPSA) is 119 Å². The van der Waals surface area contributed by atoms with E-state index in [2.05, 4.69) is 16.3 Å². The second-order valence-corrected chi connectivity index (χ2v) is 12.7. The summed E-state index contributed by atoms with van der Waals surface area (Å²) < 4.78 is 5.85. The Morgan fingerprint density at radius 3 is 2.34 bits per heavy atom. The molecule has 6 rings (SSSR count). The molecule has 0 radical (unpaired) electrons. The highest BCUT2D eigenvalue weighted by molar-refractivity contribution is 6.39. The first-order valence-corrected chi connectivity index (χ1v) is 16.1. The van der Waals surface area contributed by atoms with E-state index in [9.17, 15) is 19.5 Å². The van der Waals surface area contributed by atoms with Gasteiger partial charge in [0, 0.05) is 81.7 Å². The molecule has 2 atom stereocenters. The number of nitrogens with zero attached hydrogens (tertiary/aromatic N) is 5. The average Bonchev–Trinajstić information content (AvgIpc) is 3.50. The molecular weight excluding hydrogens is 643 g/mol. The number of rotatable bonds is 6. The molecular formula is C34H36Cl2N6O5. The summed E-state index contributed by atoms with van der Waals surface area (Å²) in [5.41, 5.74) is 5.19. The van der Waals surface area contributed by atoms with Gasteiger partial charge in [-0.25, -0.2) is 9.78 Å². The van der Waals surface area contributed by atoms with Crippen LogP contribution in [0.5, 0.6) is 5.88 Å². The number of aromatic nitrogens is 1. The van der Waals surface area contributed by atoms with E-state index < -0.39 is 18.2 Å². The van der Waals surface area contributed by atoms with Crippen LogP contribution in [-0.2, 0) is 16.0 Å².